The number of likely N-dealkylation sites (tertiary alicyclic amines) is 1. The molecule has 7 nitrogen and oxygen atoms in total. The molecule has 1 aromatic heterocycles. The van der Waals surface area contributed by atoms with Gasteiger partial charge in [-0.2, -0.15) is 0 Å². The number of amides is 1. The van der Waals surface area contributed by atoms with Crippen LogP contribution in [0.25, 0.3) is 5.76 Å². The minimum Gasteiger partial charge on any atom is -0.507 e. The topological polar surface area (TPSA) is 86.5 Å². The number of H-pyrrole nitrogens is 1. The van der Waals surface area contributed by atoms with E-state index in [0.717, 1.165) is 29.7 Å². The minimum atomic E-state index is -0.647. The van der Waals surface area contributed by atoms with Crippen molar-refractivity contribution in [2.24, 2.45) is 0 Å². The van der Waals surface area contributed by atoms with Gasteiger partial charge in [0.1, 0.15) is 30.0 Å². The van der Waals surface area contributed by atoms with Gasteiger partial charge in [0.25, 0.3) is 11.7 Å². The lowest BCUT2D eigenvalue weighted by Crippen LogP contribution is -2.36. The van der Waals surface area contributed by atoms with Crippen LogP contribution in [-0.4, -0.2) is 39.3 Å². The summed E-state index contributed by atoms with van der Waals surface area (Å²) in [7, 11) is 0. The van der Waals surface area contributed by atoms with E-state index in [1.165, 1.54) is 5.56 Å². The van der Waals surface area contributed by atoms with Gasteiger partial charge in [0.2, 0.25) is 6.33 Å². The molecule has 2 aliphatic rings. The fourth-order valence-corrected chi connectivity index (χ4v) is 5.00. The Hall–Kier alpha value is -3.87. The molecule has 2 aromatic carbocycles. The zero-order valence-electron chi connectivity index (χ0n) is 20.0. The second kappa shape index (κ2) is 9.41. The van der Waals surface area contributed by atoms with E-state index in [2.05, 4.69) is 11.9 Å². The molecule has 1 saturated heterocycles. The number of aromatic amines is 1. The summed E-state index contributed by atoms with van der Waals surface area (Å²) in [4.78, 5) is 31.1. The Bertz CT molecular complexity index is 1280. The van der Waals surface area contributed by atoms with E-state index in [9.17, 15) is 14.7 Å². The maximum absolute atomic E-state index is 13.3. The standard InChI is InChI=1S/C28H29N3O4/c1-3-19-5-7-20(8-6-19)25-24(26(32)21-9-10-23-22(16-21)15-18(2)35-23)27(33)28(34)31(25)13-4-12-30-14-11-29-17-30/h5-11,14,16-18,25H,3-4,12-13,15H2,1-2H3,(H,32,33)/p+1. The van der Waals surface area contributed by atoms with Gasteiger partial charge in [0, 0.05) is 24.9 Å². The number of fused-ring (bicyclic) bond motifs is 1. The van der Waals surface area contributed by atoms with E-state index in [4.69, 9.17) is 4.74 Å². The highest BCUT2D eigenvalue weighted by Gasteiger charge is 2.46. The third-order valence-electron chi connectivity index (χ3n) is 6.83. The number of aliphatic hydroxyl groups is 1. The number of hydrogen-bond donors (Lipinski definition) is 2. The Kier molecular flexibility index (Phi) is 6.16. The van der Waals surface area contributed by atoms with Crippen LogP contribution < -0.4 is 9.30 Å². The van der Waals surface area contributed by atoms with Gasteiger partial charge >= 0.3 is 0 Å². The number of Topliss-reactive ketones (excluding diaryl/α,β-unsaturated/α-hetero) is 1. The van der Waals surface area contributed by atoms with Crippen molar-refractivity contribution in [3.05, 3.63) is 89.0 Å². The van der Waals surface area contributed by atoms with E-state index in [1.54, 1.807) is 11.0 Å². The predicted molar refractivity (Wildman–Crippen MR) is 131 cm³/mol. The molecule has 2 aliphatic heterocycles. The summed E-state index contributed by atoms with van der Waals surface area (Å²) in [6.45, 7) is 5.18. The van der Waals surface area contributed by atoms with Crippen LogP contribution in [0.1, 0.15) is 48.6 Å². The monoisotopic (exact) mass is 472 g/mol. The van der Waals surface area contributed by atoms with Crippen LogP contribution >= 0.6 is 0 Å². The zero-order valence-corrected chi connectivity index (χ0v) is 20.0. The first-order valence-electron chi connectivity index (χ1n) is 12.1. The number of aromatic nitrogens is 2. The van der Waals surface area contributed by atoms with Crippen molar-refractivity contribution in [3.8, 4) is 5.75 Å². The number of aryl methyl sites for hydroxylation is 2. The van der Waals surface area contributed by atoms with Gasteiger partial charge in [0.15, 0.2) is 0 Å². The smallest absolute Gasteiger partial charge is 0.295 e. The lowest BCUT2D eigenvalue weighted by molar-refractivity contribution is -0.695. The summed E-state index contributed by atoms with van der Waals surface area (Å²) in [5.41, 5.74) is 3.64. The van der Waals surface area contributed by atoms with Crippen molar-refractivity contribution in [1.82, 2.24) is 9.88 Å². The highest BCUT2D eigenvalue weighted by molar-refractivity contribution is 6.46. The van der Waals surface area contributed by atoms with Crippen LogP contribution in [-0.2, 0) is 29.0 Å². The third-order valence-corrected chi connectivity index (χ3v) is 6.83. The van der Waals surface area contributed by atoms with Gasteiger partial charge in [-0.3, -0.25) is 14.6 Å². The quantitative estimate of drug-likeness (QED) is 0.238. The molecule has 3 heterocycles. The molecule has 0 bridgehead atoms. The van der Waals surface area contributed by atoms with Gasteiger partial charge in [-0.25, -0.2) is 4.57 Å². The van der Waals surface area contributed by atoms with E-state index in [-0.39, 0.29) is 17.4 Å². The summed E-state index contributed by atoms with van der Waals surface area (Å²) in [5.74, 6) is -0.568. The number of benzene rings is 2. The van der Waals surface area contributed by atoms with E-state index >= 15 is 0 Å². The van der Waals surface area contributed by atoms with Gasteiger partial charge in [-0.1, -0.05) is 31.2 Å². The molecule has 2 unspecified atom stereocenters. The predicted octanol–water partition coefficient (Wildman–Crippen LogP) is 3.70. The second-order valence-corrected chi connectivity index (χ2v) is 9.25. The first-order chi connectivity index (χ1) is 17.0. The summed E-state index contributed by atoms with van der Waals surface area (Å²) >= 11 is 0. The summed E-state index contributed by atoms with van der Waals surface area (Å²) in [6, 6.07) is 12.7. The number of nitrogens with one attached hydrogen (secondary N) is 1. The maximum Gasteiger partial charge on any atom is 0.295 e. The molecule has 0 spiro atoms. The van der Waals surface area contributed by atoms with Crippen molar-refractivity contribution in [3.63, 3.8) is 0 Å². The van der Waals surface area contributed by atoms with Gasteiger partial charge < -0.3 is 14.7 Å². The molecule has 0 radical (unpaired) electrons. The maximum atomic E-state index is 13.3. The van der Waals surface area contributed by atoms with Gasteiger partial charge in [0.05, 0.1) is 18.2 Å². The fraction of sp³-hybridized carbons (Fsp3) is 0.321. The number of carbonyl (C=O) groups excluding carboxylic acids is 2. The molecule has 35 heavy (non-hydrogen) atoms. The molecular formula is C28H30N3O4+. The number of hydrogen-bond acceptors (Lipinski definition) is 4. The largest absolute Gasteiger partial charge is 0.507 e. The number of aliphatic hydroxyl groups excluding tert-OH is 1. The Labute approximate surface area is 204 Å². The number of ketones is 1. The zero-order chi connectivity index (χ0) is 24.5. The van der Waals surface area contributed by atoms with Crippen molar-refractivity contribution in [2.75, 3.05) is 6.54 Å². The Balaban J connectivity index is 1.53. The first-order valence-corrected chi connectivity index (χ1v) is 12.1. The van der Waals surface area contributed by atoms with Crippen LogP contribution in [0, 0.1) is 0 Å². The first kappa shape index (κ1) is 22.9. The number of imidazole rings is 1. The molecule has 1 amide bonds. The molecular weight excluding hydrogens is 442 g/mol. The molecule has 2 atom stereocenters. The van der Waals surface area contributed by atoms with E-state index in [1.807, 2.05) is 66.6 Å². The lowest BCUT2D eigenvalue weighted by atomic mass is 9.93. The Morgan fingerprint density at radius 3 is 2.71 bits per heavy atom. The number of carbonyl (C=O) groups is 2. The highest BCUT2D eigenvalue weighted by Crippen LogP contribution is 2.40. The highest BCUT2D eigenvalue weighted by atomic mass is 16.5. The molecule has 5 rings (SSSR count). The molecule has 0 saturated carbocycles. The number of nitrogens with zero attached hydrogens (tertiary/aromatic N) is 2. The fourth-order valence-electron chi connectivity index (χ4n) is 5.00. The van der Waals surface area contributed by atoms with Crippen LogP contribution in [0.2, 0.25) is 0 Å². The summed E-state index contributed by atoms with van der Waals surface area (Å²) in [6.07, 6.45) is 7.99. The van der Waals surface area contributed by atoms with Crippen molar-refractivity contribution in [1.29, 1.82) is 0 Å². The molecule has 3 aromatic rings. The van der Waals surface area contributed by atoms with Crippen molar-refractivity contribution < 1.29 is 24.0 Å². The molecule has 1 fully saturated rings. The average molecular weight is 473 g/mol. The van der Waals surface area contributed by atoms with Gasteiger partial charge in [-0.05, 0) is 48.2 Å². The third kappa shape index (κ3) is 4.34. The molecule has 0 aliphatic carbocycles. The van der Waals surface area contributed by atoms with Crippen molar-refractivity contribution in [2.45, 2.75) is 51.8 Å². The minimum absolute atomic E-state index is 0.0722. The van der Waals surface area contributed by atoms with Crippen LogP contribution in [0.15, 0.2) is 66.8 Å². The average Bonchev–Trinajstić information content (AvgIpc) is 3.57. The molecule has 180 valence electrons. The normalized spacial score (nSPS) is 20.8. The Morgan fingerprint density at radius 1 is 1.20 bits per heavy atom. The summed E-state index contributed by atoms with van der Waals surface area (Å²) in [5, 5.41) is 11.4. The van der Waals surface area contributed by atoms with Crippen LogP contribution in [0.5, 0.6) is 5.75 Å². The number of ether oxygens (including phenoxy) is 1. The number of rotatable bonds is 7. The van der Waals surface area contributed by atoms with E-state index < -0.39 is 17.7 Å². The molecule has 2 N–H and O–H groups in total. The Morgan fingerprint density at radius 2 is 2.00 bits per heavy atom. The van der Waals surface area contributed by atoms with Crippen LogP contribution in [0.4, 0.5) is 0 Å². The van der Waals surface area contributed by atoms with Crippen molar-refractivity contribution >= 4 is 17.4 Å². The van der Waals surface area contributed by atoms with Gasteiger partial charge in [-0.15, -0.1) is 0 Å². The van der Waals surface area contributed by atoms with Crippen LogP contribution in [0.3, 0.4) is 0 Å². The summed E-state index contributed by atoms with van der Waals surface area (Å²) < 4.78 is 7.77. The second-order valence-electron chi connectivity index (χ2n) is 9.25. The van der Waals surface area contributed by atoms with E-state index in [0.29, 0.717) is 25.1 Å². The molecule has 7 heteroatoms. The SMILES string of the molecule is CCc1ccc(C2C(=C(O)c3ccc4c(c3)CC(C)O4)C(=O)C(=O)N2CCC[n+]2cc[nH]c2)cc1. The lowest BCUT2D eigenvalue weighted by Gasteiger charge is -2.25.